The first-order valence-corrected chi connectivity index (χ1v) is 9.87. The SMILES string of the molecule is Cc1nc2ccccc2c(=O)n1-c1cccc(OCC(O)CN(CCO)CCO)c1. The standard InChI is InChI=1S/C22H27N3O5/c1-16-23-21-8-3-2-7-20(21)22(29)25(16)17-5-4-6-19(13-17)30-15-18(28)14-24(9-11-26)10-12-27/h2-8,13,18,26-28H,9-12,14-15H2,1H3. The van der Waals surface area contributed by atoms with Gasteiger partial charge < -0.3 is 20.1 Å². The Morgan fingerprint density at radius 1 is 1.10 bits per heavy atom. The number of hydrogen-bond donors (Lipinski definition) is 3. The van der Waals surface area contributed by atoms with Gasteiger partial charge in [-0.25, -0.2) is 4.98 Å². The predicted octanol–water partition coefficient (Wildman–Crippen LogP) is 0.720. The van der Waals surface area contributed by atoms with Crippen LogP contribution in [0.15, 0.2) is 53.3 Å². The van der Waals surface area contributed by atoms with E-state index < -0.39 is 6.10 Å². The molecule has 0 amide bonds. The Morgan fingerprint density at radius 2 is 1.83 bits per heavy atom. The zero-order chi connectivity index (χ0) is 21.5. The summed E-state index contributed by atoms with van der Waals surface area (Å²) in [5, 5.41) is 28.9. The summed E-state index contributed by atoms with van der Waals surface area (Å²) in [6, 6.07) is 14.3. The third-order valence-electron chi connectivity index (χ3n) is 4.76. The second-order valence-electron chi connectivity index (χ2n) is 7.03. The Bertz CT molecular complexity index is 1030. The highest BCUT2D eigenvalue weighted by Crippen LogP contribution is 2.18. The summed E-state index contributed by atoms with van der Waals surface area (Å²) >= 11 is 0. The van der Waals surface area contributed by atoms with Gasteiger partial charge in [-0.2, -0.15) is 0 Å². The fourth-order valence-corrected chi connectivity index (χ4v) is 3.38. The van der Waals surface area contributed by atoms with Crippen molar-refractivity contribution in [2.45, 2.75) is 13.0 Å². The van der Waals surface area contributed by atoms with Crippen LogP contribution in [0.5, 0.6) is 5.75 Å². The quantitative estimate of drug-likeness (QED) is 0.449. The number of nitrogens with zero attached hydrogens (tertiary/aromatic N) is 3. The average molecular weight is 413 g/mol. The molecule has 3 aromatic rings. The zero-order valence-electron chi connectivity index (χ0n) is 16.9. The van der Waals surface area contributed by atoms with E-state index >= 15 is 0 Å². The predicted molar refractivity (Wildman–Crippen MR) is 114 cm³/mol. The first kappa shape index (κ1) is 21.9. The van der Waals surface area contributed by atoms with Gasteiger partial charge in [-0.1, -0.05) is 18.2 Å². The molecule has 1 aromatic heterocycles. The van der Waals surface area contributed by atoms with Crippen molar-refractivity contribution in [1.29, 1.82) is 0 Å². The van der Waals surface area contributed by atoms with Gasteiger partial charge in [0.1, 0.15) is 24.3 Å². The number of hydrogen-bond acceptors (Lipinski definition) is 7. The monoisotopic (exact) mass is 413 g/mol. The third-order valence-corrected chi connectivity index (χ3v) is 4.76. The molecule has 1 unspecified atom stereocenters. The van der Waals surface area contributed by atoms with Gasteiger partial charge in [0.2, 0.25) is 0 Å². The highest BCUT2D eigenvalue weighted by atomic mass is 16.5. The molecular weight excluding hydrogens is 386 g/mol. The summed E-state index contributed by atoms with van der Waals surface area (Å²) in [6.45, 7) is 2.72. The van der Waals surface area contributed by atoms with Crippen LogP contribution in [-0.2, 0) is 0 Å². The van der Waals surface area contributed by atoms with E-state index in [1.165, 1.54) is 4.57 Å². The minimum absolute atomic E-state index is 0.0423. The number of para-hydroxylation sites is 1. The number of fused-ring (bicyclic) bond motifs is 1. The Kier molecular flexibility index (Phi) is 7.53. The van der Waals surface area contributed by atoms with E-state index in [0.717, 1.165) is 0 Å². The van der Waals surface area contributed by atoms with E-state index in [-0.39, 0.29) is 31.9 Å². The van der Waals surface area contributed by atoms with Gasteiger partial charge in [-0.3, -0.25) is 14.3 Å². The summed E-state index contributed by atoms with van der Waals surface area (Å²) in [5.74, 6) is 1.08. The van der Waals surface area contributed by atoms with Gasteiger partial charge in [0, 0.05) is 25.7 Å². The van der Waals surface area contributed by atoms with Crippen LogP contribution in [0.25, 0.3) is 16.6 Å². The molecule has 0 bridgehead atoms. The molecule has 0 aliphatic carbocycles. The summed E-state index contributed by atoms with van der Waals surface area (Å²) in [7, 11) is 0. The number of aliphatic hydroxyl groups excluding tert-OH is 3. The molecule has 0 aliphatic heterocycles. The molecule has 0 radical (unpaired) electrons. The van der Waals surface area contributed by atoms with Gasteiger partial charge in [0.05, 0.1) is 29.8 Å². The van der Waals surface area contributed by atoms with Crippen LogP contribution in [0.3, 0.4) is 0 Å². The van der Waals surface area contributed by atoms with Crippen molar-refractivity contribution in [3.63, 3.8) is 0 Å². The Labute approximate surface area is 174 Å². The average Bonchev–Trinajstić information content (AvgIpc) is 2.73. The minimum atomic E-state index is -0.793. The van der Waals surface area contributed by atoms with Gasteiger partial charge in [-0.15, -0.1) is 0 Å². The number of aromatic nitrogens is 2. The van der Waals surface area contributed by atoms with Crippen molar-refractivity contribution in [1.82, 2.24) is 14.5 Å². The lowest BCUT2D eigenvalue weighted by Crippen LogP contribution is -2.38. The molecule has 0 saturated carbocycles. The summed E-state index contributed by atoms with van der Waals surface area (Å²) in [6.07, 6.45) is -0.793. The number of benzene rings is 2. The number of aryl methyl sites for hydroxylation is 1. The molecule has 0 spiro atoms. The van der Waals surface area contributed by atoms with Crippen LogP contribution in [0, 0.1) is 6.92 Å². The first-order valence-electron chi connectivity index (χ1n) is 9.87. The van der Waals surface area contributed by atoms with Crippen molar-refractivity contribution in [2.75, 3.05) is 39.5 Å². The molecule has 1 atom stereocenters. The van der Waals surface area contributed by atoms with E-state index in [1.54, 1.807) is 42.2 Å². The second kappa shape index (κ2) is 10.3. The highest BCUT2D eigenvalue weighted by molar-refractivity contribution is 5.77. The van der Waals surface area contributed by atoms with Gasteiger partial charge in [0.25, 0.3) is 5.56 Å². The van der Waals surface area contributed by atoms with Crippen molar-refractivity contribution in [3.05, 3.63) is 64.7 Å². The minimum Gasteiger partial charge on any atom is -0.491 e. The number of ether oxygens (including phenoxy) is 1. The van der Waals surface area contributed by atoms with Crippen LogP contribution in [0.2, 0.25) is 0 Å². The number of rotatable bonds is 10. The third kappa shape index (κ3) is 5.22. The lowest BCUT2D eigenvalue weighted by Gasteiger charge is -2.23. The van der Waals surface area contributed by atoms with Crippen molar-refractivity contribution < 1.29 is 20.1 Å². The van der Waals surface area contributed by atoms with Gasteiger partial charge in [0.15, 0.2) is 0 Å². The molecule has 1 heterocycles. The fourth-order valence-electron chi connectivity index (χ4n) is 3.38. The van der Waals surface area contributed by atoms with Gasteiger partial charge in [-0.05, 0) is 31.2 Å². The maximum absolute atomic E-state index is 13.0. The summed E-state index contributed by atoms with van der Waals surface area (Å²) in [4.78, 5) is 19.2. The molecule has 0 saturated heterocycles. The molecule has 30 heavy (non-hydrogen) atoms. The normalized spacial score (nSPS) is 12.4. The first-order chi connectivity index (χ1) is 14.5. The van der Waals surface area contributed by atoms with Crippen LogP contribution < -0.4 is 10.3 Å². The van der Waals surface area contributed by atoms with E-state index in [2.05, 4.69) is 4.98 Å². The molecule has 2 aromatic carbocycles. The molecular formula is C22H27N3O5. The van der Waals surface area contributed by atoms with Crippen molar-refractivity contribution in [3.8, 4) is 11.4 Å². The zero-order valence-corrected chi connectivity index (χ0v) is 16.9. The van der Waals surface area contributed by atoms with Crippen LogP contribution in [0.1, 0.15) is 5.82 Å². The van der Waals surface area contributed by atoms with Crippen molar-refractivity contribution >= 4 is 10.9 Å². The molecule has 3 N–H and O–H groups in total. The lowest BCUT2D eigenvalue weighted by atomic mass is 10.2. The lowest BCUT2D eigenvalue weighted by molar-refractivity contribution is 0.0552. The summed E-state index contributed by atoms with van der Waals surface area (Å²) < 4.78 is 7.25. The van der Waals surface area contributed by atoms with Crippen LogP contribution in [-0.4, -0.2) is 75.3 Å². The van der Waals surface area contributed by atoms with Gasteiger partial charge >= 0.3 is 0 Å². The smallest absolute Gasteiger partial charge is 0.265 e. The maximum Gasteiger partial charge on any atom is 0.265 e. The maximum atomic E-state index is 13.0. The highest BCUT2D eigenvalue weighted by Gasteiger charge is 2.13. The van der Waals surface area contributed by atoms with E-state index in [4.69, 9.17) is 14.9 Å². The molecule has 160 valence electrons. The fraction of sp³-hybridized carbons (Fsp3) is 0.364. The second-order valence-corrected chi connectivity index (χ2v) is 7.03. The molecule has 0 fully saturated rings. The van der Waals surface area contributed by atoms with Crippen LogP contribution >= 0.6 is 0 Å². The Hall–Kier alpha value is -2.78. The van der Waals surface area contributed by atoms with E-state index in [0.29, 0.717) is 41.3 Å². The topological polar surface area (TPSA) is 108 Å². The molecule has 0 aliphatic rings. The van der Waals surface area contributed by atoms with Crippen molar-refractivity contribution in [2.24, 2.45) is 0 Å². The number of aliphatic hydroxyl groups is 3. The molecule has 3 rings (SSSR count). The largest absolute Gasteiger partial charge is 0.491 e. The molecule has 8 nitrogen and oxygen atoms in total. The molecule has 8 heteroatoms. The van der Waals surface area contributed by atoms with E-state index in [9.17, 15) is 9.90 Å². The summed E-state index contributed by atoms with van der Waals surface area (Å²) in [5.41, 5.74) is 1.13. The Balaban J connectivity index is 1.76. The van der Waals surface area contributed by atoms with Crippen LogP contribution in [0.4, 0.5) is 0 Å². The van der Waals surface area contributed by atoms with E-state index in [1.807, 2.05) is 18.2 Å². The Morgan fingerprint density at radius 3 is 2.57 bits per heavy atom.